The summed E-state index contributed by atoms with van der Waals surface area (Å²) in [6.07, 6.45) is 0.755. The van der Waals surface area contributed by atoms with E-state index in [1.54, 1.807) is 11.6 Å². The molecule has 1 atom stereocenters. The Bertz CT molecular complexity index is 1090. The molecule has 0 spiro atoms. The number of nitrogens with zero attached hydrogens (tertiary/aromatic N) is 4. The van der Waals surface area contributed by atoms with Crippen molar-refractivity contribution < 1.29 is 9.47 Å². The maximum atomic E-state index is 12.2. The molecule has 0 radical (unpaired) electrons. The van der Waals surface area contributed by atoms with E-state index >= 15 is 0 Å². The molecule has 1 aromatic carbocycles. The second-order valence-electron chi connectivity index (χ2n) is 6.43. The van der Waals surface area contributed by atoms with Crippen LogP contribution in [0.4, 0.5) is 0 Å². The quantitative estimate of drug-likeness (QED) is 0.692. The molecule has 8 nitrogen and oxygen atoms in total. The number of aryl methyl sites for hydroxylation is 2. The first-order chi connectivity index (χ1) is 12.5. The molecule has 2 aromatic heterocycles. The van der Waals surface area contributed by atoms with Crippen molar-refractivity contribution in [1.82, 2.24) is 18.7 Å². The fourth-order valence-electron chi connectivity index (χ4n) is 3.21. The summed E-state index contributed by atoms with van der Waals surface area (Å²) in [6.45, 7) is 2.93. The lowest BCUT2D eigenvalue weighted by atomic mass is 10.2. The maximum Gasteiger partial charge on any atom is 0.332 e. The van der Waals surface area contributed by atoms with Crippen molar-refractivity contribution in [3.63, 3.8) is 0 Å². The zero-order chi connectivity index (χ0) is 18.4. The molecule has 3 aromatic rings. The molecular weight excluding hydrogens is 336 g/mol. The lowest BCUT2D eigenvalue weighted by molar-refractivity contribution is 0.144. The highest BCUT2D eigenvalue weighted by Gasteiger charge is 2.30. The molecule has 0 N–H and O–H groups in total. The Morgan fingerprint density at radius 1 is 1.19 bits per heavy atom. The second kappa shape index (κ2) is 6.05. The van der Waals surface area contributed by atoms with E-state index in [0.29, 0.717) is 24.8 Å². The van der Waals surface area contributed by atoms with E-state index in [4.69, 9.17) is 9.47 Å². The summed E-state index contributed by atoms with van der Waals surface area (Å²) in [5.74, 6) is 0.779. The molecule has 0 amide bonds. The zero-order valence-electron chi connectivity index (χ0n) is 14.9. The van der Waals surface area contributed by atoms with Gasteiger partial charge in [0.2, 0.25) is 0 Å². The first-order valence-electron chi connectivity index (χ1n) is 8.54. The monoisotopic (exact) mass is 356 g/mol. The van der Waals surface area contributed by atoms with E-state index in [9.17, 15) is 9.59 Å². The molecule has 1 aliphatic rings. The van der Waals surface area contributed by atoms with E-state index in [2.05, 4.69) is 11.9 Å². The summed E-state index contributed by atoms with van der Waals surface area (Å²) in [7, 11) is 3.06. The van der Waals surface area contributed by atoms with Crippen molar-refractivity contribution in [2.24, 2.45) is 14.1 Å². The van der Waals surface area contributed by atoms with Crippen LogP contribution in [0.1, 0.15) is 12.5 Å². The summed E-state index contributed by atoms with van der Waals surface area (Å²) in [5, 5.41) is 0. The van der Waals surface area contributed by atoms with Crippen molar-refractivity contribution >= 4 is 11.2 Å². The number of hydrogen-bond donors (Lipinski definition) is 0. The van der Waals surface area contributed by atoms with E-state index in [0.717, 1.165) is 16.7 Å². The molecule has 4 rings (SSSR count). The minimum absolute atomic E-state index is 0.230. The predicted octanol–water partition coefficient (Wildman–Crippen LogP) is 0.836. The van der Waals surface area contributed by atoms with Gasteiger partial charge in [-0.2, -0.15) is 4.98 Å². The van der Waals surface area contributed by atoms with Gasteiger partial charge in [-0.25, -0.2) is 4.79 Å². The molecule has 0 unspecified atom stereocenters. The molecule has 136 valence electrons. The molecule has 8 heteroatoms. The van der Waals surface area contributed by atoms with Gasteiger partial charge in [0.05, 0.1) is 6.54 Å². The Morgan fingerprint density at radius 3 is 2.62 bits per heavy atom. The lowest BCUT2D eigenvalue weighted by Crippen LogP contribution is -2.37. The minimum atomic E-state index is -0.419. The number of hydrogen-bond acceptors (Lipinski definition) is 5. The summed E-state index contributed by atoms with van der Waals surface area (Å²) < 4.78 is 15.8. The Balaban J connectivity index is 1.56. The van der Waals surface area contributed by atoms with Crippen molar-refractivity contribution in [2.45, 2.75) is 26.0 Å². The van der Waals surface area contributed by atoms with Crippen LogP contribution in [0.3, 0.4) is 0 Å². The smallest absolute Gasteiger partial charge is 0.332 e. The molecule has 26 heavy (non-hydrogen) atoms. The third-order valence-electron chi connectivity index (χ3n) is 4.73. The standard InChI is InChI=1S/C18H20N4O4/c1-4-11-5-7-12(8-6-11)25-10-13-9-22-15-14(19-17(22)26-13)16(23)21(3)18(24)20(15)2/h5-8,13H,4,9-10H2,1-3H3/t13-/m1/s1. The van der Waals surface area contributed by atoms with Crippen LogP contribution in [0.2, 0.25) is 0 Å². The maximum absolute atomic E-state index is 12.2. The third kappa shape index (κ3) is 2.49. The van der Waals surface area contributed by atoms with Crippen LogP contribution in [0.5, 0.6) is 11.8 Å². The predicted molar refractivity (Wildman–Crippen MR) is 95.9 cm³/mol. The number of benzene rings is 1. The van der Waals surface area contributed by atoms with Crippen LogP contribution in [-0.4, -0.2) is 31.4 Å². The van der Waals surface area contributed by atoms with Crippen molar-refractivity contribution in [2.75, 3.05) is 6.61 Å². The molecule has 0 bridgehead atoms. The van der Waals surface area contributed by atoms with Gasteiger partial charge in [-0.05, 0) is 24.1 Å². The van der Waals surface area contributed by atoms with Gasteiger partial charge in [-0.3, -0.25) is 18.5 Å². The number of rotatable bonds is 4. The minimum Gasteiger partial charge on any atom is -0.490 e. The summed E-state index contributed by atoms with van der Waals surface area (Å²) >= 11 is 0. The van der Waals surface area contributed by atoms with Gasteiger partial charge < -0.3 is 9.47 Å². The van der Waals surface area contributed by atoms with Crippen molar-refractivity contribution in [1.29, 1.82) is 0 Å². The molecule has 1 aliphatic heterocycles. The third-order valence-corrected chi connectivity index (χ3v) is 4.73. The van der Waals surface area contributed by atoms with Crippen LogP contribution >= 0.6 is 0 Å². The first kappa shape index (κ1) is 16.4. The normalized spacial score (nSPS) is 15.9. The zero-order valence-corrected chi connectivity index (χ0v) is 14.9. The van der Waals surface area contributed by atoms with Crippen LogP contribution in [0, 0.1) is 0 Å². The van der Waals surface area contributed by atoms with Gasteiger partial charge in [-0.1, -0.05) is 19.1 Å². The van der Waals surface area contributed by atoms with Crippen molar-refractivity contribution in [3.05, 3.63) is 50.7 Å². The van der Waals surface area contributed by atoms with Crippen LogP contribution in [0.15, 0.2) is 33.9 Å². The molecule has 0 saturated carbocycles. The lowest BCUT2D eigenvalue weighted by Gasteiger charge is -2.12. The number of ether oxygens (including phenoxy) is 2. The highest BCUT2D eigenvalue weighted by Crippen LogP contribution is 2.26. The second-order valence-corrected chi connectivity index (χ2v) is 6.43. The highest BCUT2D eigenvalue weighted by atomic mass is 16.6. The van der Waals surface area contributed by atoms with Gasteiger partial charge in [0, 0.05) is 14.1 Å². The van der Waals surface area contributed by atoms with Gasteiger partial charge in [0.25, 0.3) is 11.6 Å². The number of aromatic nitrogens is 4. The Labute approximate surface area is 149 Å². The SMILES string of the molecule is CCc1ccc(OC[C@H]2Cn3c(nc4c(=O)n(C)c(=O)n(C)c43)O2)cc1. The van der Waals surface area contributed by atoms with E-state index in [-0.39, 0.29) is 17.3 Å². The molecule has 0 saturated heterocycles. The summed E-state index contributed by atoms with van der Waals surface area (Å²) in [4.78, 5) is 28.7. The largest absolute Gasteiger partial charge is 0.490 e. The molecule has 3 heterocycles. The Morgan fingerprint density at radius 2 is 1.92 bits per heavy atom. The fourth-order valence-corrected chi connectivity index (χ4v) is 3.21. The van der Waals surface area contributed by atoms with Crippen molar-refractivity contribution in [3.8, 4) is 11.8 Å². The molecule has 0 aliphatic carbocycles. The first-order valence-corrected chi connectivity index (χ1v) is 8.54. The highest BCUT2D eigenvalue weighted by molar-refractivity contribution is 5.72. The summed E-state index contributed by atoms with van der Waals surface area (Å²) in [6, 6.07) is 8.29. The fraction of sp³-hybridized carbons (Fsp3) is 0.389. The van der Waals surface area contributed by atoms with Crippen LogP contribution < -0.4 is 20.7 Å². The van der Waals surface area contributed by atoms with Gasteiger partial charge in [0.15, 0.2) is 17.3 Å². The van der Waals surface area contributed by atoms with Crippen LogP contribution in [-0.2, 0) is 27.1 Å². The van der Waals surface area contributed by atoms with E-state index in [1.165, 1.54) is 17.2 Å². The number of imidazole rings is 1. The van der Waals surface area contributed by atoms with Gasteiger partial charge in [-0.15, -0.1) is 0 Å². The average molecular weight is 356 g/mol. The van der Waals surface area contributed by atoms with E-state index in [1.807, 2.05) is 24.3 Å². The topological polar surface area (TPSA) is 80.3 Å². The number of fused-ring (bicyclic) bond motifs is 3. The summed E-state index contributed by atoms with van der Waals surface area (Å²) in [5.41, 5.74) is 1.16. The Kier molecular flexibility index (Phi) is 3.82. The average Bonchev–Trinajstić information content (AvgIpc) is 3.21. The molecule has 0 fully saturated rings. The Hall–Kier alpha value is -3.03. The van der Waals surface area contributed by atoms with Crippen LogP contribution in [0.25, 0.3) is 11.2 Å². The molecular formula is C18H20N4O4. The van der Waals surface area contributed by atoms with E-state index < -0.39 is 5.56 Å². The van der Waals surface area contributed by atoms with Gasteiger partial charge in [0.1, 0.15) is 12.4 Å². The van der Waals surface area contributed by atoms with Gasteiger partial charge >= 0.3 is 5.69 Å².